The fraction of sp³-hybridized carbons (Fsp3) is 0.133. The van der Waals surface area contributed by atoms with Crippen molar-refractivity contribution < 1.29 is 18.9 Å². The van der Waals surface area contributed by atoms with Gasteiger partial charge in [-0.1, -0.05) is 11.2 Å². The van der Waals surface area contributed by atoms with Crippen molar-refractivity contribution in [2.45, 2.75) is 13.1 Å². The molecule has 0 N–H and O–H groups in total. The standard InChI is InChI=1S/C15H10N4O4S2/c20-13-14(21)19(15(22)18(13)6-10-2-1-4-25-10)7-11-16-12(17-23-11)9-3-5-24-8-9/h1-5,8H,6-7H2. The van der Waals surface area contributed by atoms with E-state index in [2.05, 4.69) is 10.1 Å². The smallest absolute Gasteiger partial charge is 0.335 e. The fourth-order valence-electron chi connectivity index (χ4n) is 2.35. The lowest BCUT2D eigenvalue weighted by atomic mass is 10.3. The van der Waals surface area contributed by atoms with E-state index in [-0.39, 0.29) is 19.0 Å². The number of urea groups is 1. The summed E-state index contributed by atoms with van der Waals surface area (Å²) < 4.78 is 5.09. The topological polar surface area (TPSA) is 96.6 Å². The van der Waals surface area contributed by atoms with Crippen LogP contribution in [0.25, 0.3) is 11.4 Å². The van der Waals surface area contributed by atoms with Gasteiger partial charge in [0.1, 0.15) is 6.54 Å². The molecule has 0 atom stereocenters. The van der Waals surface area contributed by atoms with Gasteiger partial charge in [0.05, 0.1) is 6.54 Å². The lowest BCUT2D eigenvalue weighted by molar-refractivity contribution is -0.143. The predicted octanol–water partition coefficient (Wildman–Crippen LogP) is 2.35. The molecule has 25 heavy (non-hydrogen) atoms. The van der Waals surface area contributed by atoms with Crippen LogP contribution in [0, 0.1) is 0 Å². The Bertz CT molecular complexity index is 933. The molecule has 126 valence electrons. The molecule has 0 radical (unpaired) electrons. The number of rotatable bonds is 5. The predicted molar refractivity (Wildman–Crippen MR) is 88.4 cm³/mol. The van der Waals surface area contributed by atoms with Crippen LogP contribution in [-0.4, -0.2) is 37.8 Å². The number of carbonyl (C=O) groups is 3. The van der Waals surface area contributed by atoms with Gasteiger partial charge in [-0.25, -0.2) is 9.69 Å². The Morgan fingerprint density at radius 1 is 1.04 bits per heavy atom. The molecule has 1 saturated heterocycles. The second-order valence-corrected chi connectivity index (χ2v) is 6.98. The second kappa shape index (κ2) is 6.22. The van der Waals surface area contributed by atoms with E-state index in [0.717, 1.165) is 20.2 Å². The molecule has 4 amide bonds. The number of amides is 4. The van der Waals surface area contributed by atoms with Crippen molar-refractivity contribution in [1.82, 2.24) is 19.9 Å². The normalized spacial score (nSPS) is 14.8. The molecular formula is C15H10N4O4S2. The van der Waals surface area contributed by atoms with Crippen molar-refractivity contribution >= 4 is 40.5 Å². The maximum Gasteiger partial charge on any atom is 0.335 e. The number of hydrogen-bond acceptors (Lipinski definition) is 8. The summed E-state index contributed by atoms with van der Waals surface area (Å²) in [5.74, 6) is -1.28. The molecule has 1 aliphatic heterocycles. The molecule has 1 fully saturated rings. The first-order valence-electron chi connectivity index (χ1n) is 7.18. The molecule has 0 spiro atoms. The zero-order valence-electron chi connectivity index (χ0n) is 12.6. The molecule has 10 heteroatoms. The first kappa shape index (κ1) is 15.7. The third-order valence-electron chi connectivity index (χ3n) is 3.57. The Morgan fingerprint density at radius 2 is 1.84 bits per heavy atom. The van der Waals surface area contributed by atoms with E-state index < -0.39 is 17.8 Å². The van der Waals surface area contributed by atoms with Crippen LogP contribution < -0.4 is 0 Å². The number of thiophene rings is 2. The van der Waals surface area contributed by atoms with Crippen LogP contribution in [0.3, 0.4) is 0 Å². The van der Waals surface area contributed by atoms with E-state index in [4.69, 9.17) is 4.52 Å². The number of hydrogen-bond donors (Lipinski definition) is 0. The monoisotopic (exact) mass is 374 g/mol. The van der Waals surface area contributed by atoms with Crippen LogP contribution >= 0.6 is 22.7 Å². The van der Waals surface area contributed by atoms with Gasteiger partial charge in [0.25, 0.3) is 0 Å². The van der Waals surface area contributed by atoms with E-state index in [1.807, 2.05) is 28.3 Å². The molecule has 0 saturated carbocycles. The number of nitrogens with zero attached hydrogens (tertiary/aromatic N) is 4. The minimum Gasteiger partial charge on any atom is -0.337 e. The first-order chi connectivity index (χ1) is 12.1. The largest absolute Gasteiger partial charge is 0.337 e. The van der Waals surface area contributed by atoms with Crippen molar-refractivity contribution in [3.63, 3.8) is 0 Å². The summed E-state index contributed by atoms with van der Waals surface area (Å²) in [6, 6.07) is 4.76. The molecular weight excluding hydrogens is 364 g/mol. The maximum atomic E-state index is 12.4. The quantitative estimate of drug-likeness (QED) is 0.502. The summed E-state index contributed by atoms with van der Waals surface area (Å²) in [6.45, 7) is -0.164. The summed E-state index contributed by atoms with van der Waals surface area (Å²) in [5.41, 5.74) is 0.787. The van der Waals surface area contributed by atoms with Gasteiger partial charge in [-0.3, -0.25) is 14.5 Å². The zero-order chi connectivity index (χ0) is 17.4. The molecule has 0 aliphatic carbocycles. The molecule has 4 rings (SSSR count). The highest BCUT2D eigenvalue weighted by Crippen LogP contribution is 2.22. The Morgan fingerprint density at radius 3 is 2.52 bits per heavy atom. The highest BCUT2D eigenvalue weighted by molar-refractivity contribution is 7.09. The second-order valence-electron chi connectivity index (χ2n) is 5.17. The third-order valence-corrected chi connectivity index (χ3v) is 5.11. The number of aromatic nitrogens is 2. The summed E-state index contributed by atoms with van der Waals surface area (Å²) in [4.78, 5) is 43.4. The van der Waals surface area contributed by atoms with Crippen LogP contribution in [0.15, 0.2) is 38.9 Å². The molecule has 0 bridgehead atoms. The van der Waals surface area contributed by atoms with Gasteiger partial charge in [-0.05, 0) is 22.9 Å². The number of carbonyl (C=O) groups excluding carboxylic acids is 3. The molecule has 8 nitrogen and oxygen atoms in total. The van der Waals surface area contributed by atoms with Gasteiger partial charge in [0.2, 0.25) is 11.7 Å². The van der Waals surface area contributed by atoms with Crippen molar-refractivity contribution in [1.29, 1.82) is 0 Å². The molecule has 0 aromatic carbocycles. The summed E-state index contributed by atoms with van der Waals surface area (Å²) in [5, 5.41) is 9.39. The summed E-state index contributed by atoms with van der Waals surface area (Å²) in [7, 11) is 0. The average Bonchev–Trinajstić information content (AvgIpc) is 3.38. The maximum absolute atomic E-state index is 12.4. The van der Waals surface area contributed by atoms with E-state index in [0.29, 0.717) is 5.82 Å². The van der Waals surface area contributed by atoms with E-state index >= 15 is 0 Å². The van der Waals surface area contributed by atoms with Crippen LogP contribution in [-0.2, 0) is 22.7 Å². The van der Waals surface area contributed by atoms with Crippen molar-refractivity contribution in [2.75, 3.05) is 0 Å². The highest BCUT2D eigenvalue weighted by Gasteiger charge is 2.45. The molecule has 1 aliphatic rings. The van der Waals surface area contributed by atoms with Crippen LogP contribution in [0.1, 0.15) is 10.8 Å². The minimum atomic E-state index is -0.892. The van der Waals surface area contributed by atoms with Gasteiger partial charge in [0.15, 0.2) is 0 Å². The Balaban J connectivity index is 1.51. The van der Waals surface area contributed by atoms with Gasteiger partial charge in [-0.2, -0.15) is 16.3 Å². The van der Waals surface area contributed by atoms with Crippen LogP contribution in [0.2, 0.25) is 0 Å². The van der Waals surface area contributed by atoms with E-state index in [1.165, 1.54) is 22.7 Å². The van der Waals surface area contributed by atoms with E-state index in [9.17, 15) is 14.4 Å². The van der Waals surface area contributed by atoms with Crippen LogP contribution in [0.4, 0.5) is 4.79 Å². The summed E-state index contributed by atoms with van der Waals surface area (Å²) in [6.07, 6.45) is 0. The SMILES string of the molecule is O=C1C(=O)N(Cc2cccs2)C(=O)N1Cc1nc(-c2ccsc2)no1. The molecule has 4 heterocycles. The Hall–Kier alpha value is -2.85. The van der Waals surface area contributed by atoms with Crippen molar-refractivity contribution in [3.8, 4) is 11.4 Å². The van der Waals surface area contributed by atoms with Crippen molar-refractivity contribution in [2.24, 2.45) is 0 Å². The van der Waals surface area contributed by atoms with Gasteiger partial charge in [-0.15, -0.1) is 11.3 Å². The minimum absolute atomic E-state index is 0.0710. The molecule has 0 unspecified atom stereocenters. The van der Waals surface area contributed by atoms with Gasteiger partial charge >= 0.3 is 17.8 Å². The Kier molecular flexibility index (Phi) is 3.90. The first-order valence-corrected chi connectivity index (χ1v) is 9.00. The number of imide groups is 2. The molecule has 3 aromatic rings. The van der Waals surface area contributed by atoms with Gasteiger partial charge in [0, 0.05) is 15.8 Å². The fourth-order valence-corrected chi connectivity index (χ4v) is 3.68. The highest BCUT2D eigenvalue weighted by atomic mass is 32.1. The average molecular weight is 374 g/mol. The van der Waals surface area contributed by atoms with Gasteiger partial charge < -0.3 is 4.52 Å². The van der Waals surface area contributed by atoms with Crippen LogP contribution in [0.5, 0.6) is 0 Å². The lowest BCUT2D eigenvalue weighted by Crippen LogP contribution is -2.32. The summed E-state index contributed by atoms with van der Waals surface area (Å²) >= 11 is 2.90. The Labute approximate surface area is 149 Å². The third kappa shape index (κ3) is 2.85. The van der Waals surface area contributed by atoms with Crippen molar-refractivity contribution in [3.05, 3.63) is 45.1 Å². The zero-order valence-corrected chi connectivity index (χ0v) is 14.2. The lowest BCUT2D eigenvalue weighted by Gasteiger charge is -2.13. The molecule has 3 aromatic heterocycles. The van der Waals surface area contributed by atoms with E-state index in [1.54, 1.807) is 6.07 Å².